The lowest BCUT2D eigenvalue weighted by Gasteiger charge is -2.20. The number of rotatable bonds is 9. The molecule has 0 aliphatic carbocycles. The maximum Gasteiger partial charge on any atom is 0.418 e. The van der Waals surface area contributed by atoms with Crippen LogP contribution in [0.2, 0.25) is 0 Å². The van der Waals surface area contributed by atoms with Gasteiger partial charge >= 0.3 is 6.18 Å². The van der Waals surface area contributed by atoms with Crippen LogP contribution in [-0.2, 0) is 6.18 Å². The first-order chi connectivity index (χ1) is 11.3. The molecular weight excluding hydrogens is 315 g/mol. The second-order valence-electron chi connectivity index (χ2n) is 5.78. The van der Waals surface area contributed by atoms with Gasteiger partial charge in [-0.15, -0.1) is 0 Å². The van der Waals surface area contributed by atoms with Crippen molar-refractivity contribution in [2.24, 2.45) is 4.99 Å². The van der Waals surface area contributed by atoms with Gasteiger partial charge < -0.3 is 10.2 Å². The number of halogens is 3. The van der Waals surface area contributed by atoms with E-state index in [0.717, 1.165) is 38.5 Å². The van der Waals surface area contributed by atoms with Gasteiger partial charge in [0.2, 0.25) is 0 Å². The van der Waals surface area contributed by atoms with Crippen molar-refractivity contribution in [1.29, 1.82) is 0 Å². The average molecular weight is 343 g/mol. The molecule has 0 fully saturated rings. The van der Waals surface area contributed by atoms with Crippen LogP contribution >= 0.6 is 0 Å². The van der Waals surface area contributed by atoms with Gasteiger partial charge in [-0.1, -0.05) is 26.0 Å². The maximum atomic E-state index is 13.1. The molecule has 1 N–H and O–H groups in total. The quantitative estimate of drug-likeness (QED) is 0.659. The zero-order valence-corrected chi connectivity index (χ0v) is 15.0. The fraction of sp³-hybridized carbons (Fsp3) is 0.611. The lowest BCUT2D eigenvalue weighted by atomic mass is 10.0. The van der Waals surface area contributed by atoms with Gasteiger partial charge in [0.1, 0.15) is 0 Å². The third-order valence-corrected chi connectivity index (χ3v) is 3.85. The van der Waals surface area contributed by atoms with Gasteiger partial charge in [-0.2, -0.15) is 13.2 Å². The number of benzene rings is 1. The predicted molar refractivity (Wildman–Crippen MR) is 95.1 cm³/mol. The number of para-hydroxylation sites is 1. The Kier molecular flexibility index (Phi) is 8.25. The summed E-state index contributed by atoms with van der Waals surface area (Å²) < 4.78 is 39.4. The first kappa shape index (κ1) is 20.5. The van der Waals surface area contributed by atoms with Crippen molar-refractivity contribution < 1.29 is 13.2 Å². The third-order valence-electron chi connectivity index (χ3n) is 3.85. The van der Waals surface area contributed by atoms with E-state index >= 15 is 0 Å². The Morgan fingerprint density at radius 3 is 2.25 bits per heavy atom. The van der Waals surface area contributed by atoms with E-state index in [1.165, 1.54) is 13.1 Å². The summed E-state index contributed by atoms with van der Waals surface area (Å²) in [5.74, 6) is 0. The Balaban J connectivity index is 2.92. The van der Waals surface area contributed by atoms with Crippen LogP contribution in [0.25, 0.3) is 0 Å². The van der Waals surface area contributed by atoms with Gasteiger partial charge in [-0.25, -0.2) is 0 Å². The summed E-state index contributed by atoms with van der Waals surface area (Å²) in [6.07, 6.45) is -2.21. The average Bonchev–Trinajstić information content (AvgIpc) is 2.53. The summed E-state index contributed by atoms with van der Waals surface area (Å²) in [6.45, 7) is 9.50. The maximum absolute atomic E-state index is 13.1. The molecule has 0 amide bonds. The minimum absolute atomic E-state index is 0.0882. The summed E-state index contributed by atoms with van der Waals surface area (Å²) in [7, 11) is 1.51. The minimum atomic E-state index is -4.38. The Hall–Kier alpha value is -1.56. The van der Waals surface area contributed by atoms with E-state index in [-0.39, 0.29) is 5.69 Å². The molecule has 0 spiro atoms. The first-order valence-electron chi connectivity index (χ1n) is 8.46. The molecular formula is C18H28F3N3. The van der Waals surface area contributed by atoms with E-state index in [9.17, 15) is 13.2 Å². The number of hydrogen-bond acceptors (Lipinski definition) is 3. The lowest BCUT2D eigenvalue weighted by Crippen LogP contribution is -2.28. The molecule has 3 nitrogen and oxygen atoms in total. The highest BCUT2D eigenvalue weighted by Gasteiger charge is 2.34. The second kappa shape index (κ2) is 9.67. The van der Waals surface area contributed by atoms with Gasteiger partial charge in [0.15, 0.2) is 0 Å². The zero-order chi connectivity index (χ0) is 18.2. The van der Waals surface area contributed by atoms with Crippen LogP contribution in [0.15, 0.2) is 23.2 Å². The largest absolute Gasteiger partial charge is 0.418 e. The zero-order valence-electron chi connectivity index (χ0n) is 15.0. The summed E-state index contributed by atoms with van der Waals surface area (Å²) in [6, 6.07) is 4.20. The molecule has 136 valence electrons. The molecule has 1 rings (SSSR count). The SMILES string of the molecule is CCCN(CCC)CCN=C(C)c1cccc(C(F)(F)F)c1NC. The van der Waals surface area contributed by atoms with Crippen LogP contribution in [0.3, 0.4) is 0 Å². The van der Waals surface area contributed by atoms with Crippen LogP contribution in [0, 0.1) is 0 Å². The van der Waals surface area contributed by atoms with Gasteiger partial charge in [-0.3, -0.25) is 4.99 Å². The molecule has 0 radical (unpaired) electrons. The molecule has 0 aliphatic heterocycles. The van der Waals surface area contributed by atoms with E-state index in [1.807, 2.05) is 0 Å². The van der Waals surface area contributed by atoms with Crippen molar-refractivity contribution in [3.63, 3.8) is 0 Å². The molecule has 0 unspecified atom stereocenters. The van der Waals surface area contributed by atoms with E-state index in [0.29, 0.717) is 17.8 Å². The molecule has 0 bridgehead atoms. The fourth-order valence-corrected chi connectivity index (χ4v) is 2.77. The number of aliphatic imine (C=N–C) groups is 1. The van der Waals surface area contributed by atoms with Gasteiger partial charge in [0.05, 0.1) is 17.8 Å². The normalized spacial score (nSPS) is 12.8. The highest BCUT2D eigenvalue weighted by atomic mass is 19.4. The second-order valence-corrected chi connectivity index (χ2v) is 5.78. The number of nitrogens with zero attached hydrogens (tertiary/aromatic N) is 2. The van der Waals surface area contributed by atoms with Crippen molar-refractivity contribution in [3.8, 4) is 0 Å². The molecule has 24 heavy (non-hydrogen) atoms. The van der Waals surface area contributed by atoms with Crippen LogP contribution in [0.4, 0.5) is 18.9 Å². The molecule has 1 aromatic carbocycles. The van der Waals surface area contributed by atoms with Gasteiger partial charge in [-0.05, 0) is 38.9 Å². The van der Waals surface area contributed by atoms with Crippen molar-refractivity contribution in [1.82, 2.24) is 4.90 Å². The Labute approximate surface area is 143 Å². The van der Waals surface area contributed by atoms with Gasteiger partial charge in [0, 0.05) is 24.9 Å². The van der Waals surface area contributed by atoms with E-state index < -0.39 is 11.7 Å². The van der Waals surface area contributed by atoms with Gasteiger partial charge in [0.25, 0.3) is 0 Å². The van der Waals surface area contributed by atoms with Crippen LogP contribution in [0.5, 0.6) is 0 Å². The number of anilines is 1. The lowest BCUT2D eigenvalue weighted by molar-refractivity contribution is -0.136. The van der Waals surface area contributed by atoms with Crippen molar-refractivity contribution >= 4 is 11.4 Å². The predicted octanol–water partition coefficient (Wildman–Crippen LogP) is 4.68. The monoisotopic (exact) mass is 343 g/mol. The first-order valence-corrected chi connectivity index (χ1v) is 8.46. The Bertz CT molecular complexity index is 533. The summed E-state index contributed by atoms with van der Waals surface area (Å²) in [5.41, 5.74) is 0.559. The van der Waals surface area contributed by atoms with Crippen molar-refractivity contribution in [3.05, 3.63) is 29.3 Å². The third kappa shape index (κ3) is 5.82. The van der Waals surface area contributed by atoms with E-state index in [2.05, 4.69) is 29.1 Å². The number of hydrogen-bond donors (Lipinski definition) is 1. The smallest absolute Gasteiger partial charge is 0.387 e. The molecule has 0 aromatic heterocycles. The molecule has 0 atom stereocenters. The number of alkyl halides is 3. The van der Waals surface area contributed by atoms with E-state index in [1.54, 1.807) is 13.0 Å². The summed E-state index contributed by atoms with van der Waals surface area (Å²) in [4.78, 5) is 6.83. The molecule has 0 saturated carbocycles. The van der Waals surface area contributed by atoms with Crippen LogP contribution < -0.4 is 5.32 Å². The highest BCUT2D eigenvalue weighted by Crippen LogP contribution is 2.36. The number of nitrogens with one attached hydrogen (secondary N) is 1. The molecule has 0 heterocycles. The molecule has 1 aromatic rings. The fourth-order valence-electron chi connectivity index (χ4n) is 2.77. The van der Waals surface area contributed by atoms with Crippen molar-refractivity contribution in [2.75, 3.05) is 38.5 Å². The highest BCUT2D eigenvalue weighted by molar-refractivity contribution is 6.04. The summed E-state index contributed by atoms with van der Waals surface area (Å²) >= 11 is 0. The molecule has 0 aliphatic rings. The summed E-state index contributed by atoms with van der Waals surface area (Å²) in [5, 5.41) is 2.68. The Morgan fingerprint density at radius 2 is 1.75 bits per heavy atom. The molecule has 0 saturated heterocycles. The molecule has 6 heteroatoms. The van der Waals surface area contributed by atoms with Crippen molar-refractivity contribution in [2.45, 2.75) is 39.8 Å². The van der Waals surface area contributed by atoms with Crippen LogP contribution in [0.1, 0.15) is 44.7 Å². The van der Waals surface area contributed by atoms with Crippen LogP contribution in [-0.4, -0.2) is 43.8 Å². The Morgan fingerprint density at radius 1 is 1.12 bits per heavy atom. The standard InChI is InChI=1S/C18H28F3N3/c1-5-11-24(12-6-2)13-10-23-14(3)15-8-7-9-16(17(15)22-4)18(19,20)21/h7-9,22H,5-6,10-13H2,1-4H3. The van der Waals surface area contributed by atoms with E-state index in [4.69, 9.17) is 0 Å². The minimum Gasteiger partial charge on any atom is -0.387 e. The topological polar surface area (TPSA) is 27.6 Å².